The third kappa shape index (κ3) is 1.97. The van der Waals surface area contributed by atoms with Crippen molar-refractivity contribution in [2.75, 3.05) is 18.4 Å². The molecule has 1 saturated heterocycles. The molecule has 1 rings (SSSR count). The Labute approximate surface area is 69.7 Å². The predicted molar refractivity (Wildman–Crippen MR) is 44.2 cm³/mol. The number of hydrogen-bond donors (Lipinski definition) is 0. The summed E-state index contributed by atoms with van der Waals surface area (Å²) in [4.78, 5) is 12.1. The molecule has 0 bridgehead atoms. The van der Waals surface area contributed by atoms with Gasteiger partial charge in [0.25, 0.3) is 0 Å². The van der Waals surface area contributed by atoms with Gasteiger partial charge < -0.3 is 4.90 Å². The van der Waals surface area contributed by atoms with Crippen LogP contribution < -0.4 is 0 Å². The van der Waals surface area contributed by atoms with Gasteiger partial charge in [0.1, 0.15) is 0 Å². The lowest BCUT2D eigenvalue weighted by Gasteiger charge is -2.27. The number of piperidine rings is 1. The number of carbonyl (C=O) groups excluding carboxylic acids is 1. The van der Waals surface area contributed by atoms with Crippen LogP contribution in [0.4, 0.5) is 0 Å². The lowest BCUT2D eigenvalue weighted by Crippen LogP contribution is -2.32. The largest absolute Gasteiger partial charge is 0.345 e. The van der Waals surface area contributed by atoms with E-state index in [1.807, 2.05) is 4.90 Å². The summed E-state index contributed by atoms with van der Waals surface area (Å²) in [5.74, 6) is 0.788. The molecule has 0 aliphatic carbocycles. The summed E-state index contributed by atoms with van der Waals surface area (Å²) in [5, 5.41) is 1.08. The van der Waals surface area contributed by atoms with Crippen LogP contribution in [0.15, 0.2) is 0 Å². The van der Waals surface area contributed by atoms with E-state index >= 15 is 0 Å². The Morgan fingerprint density at radius 2 is 2.10 bits per heavy atom. The maximum absolute atomic E-state index is 10.3. The maximum Gasteiger partial charge on any atom is 0.209 e. The van der Waals surface area contributed by atoms with E-state index in [4.69, 9.17) is 0 Å². The van der Waals surface area contributed by atoms with Gasteiger partial charge in [-0.2, -0.15) is 0 Å². The van der Waals surface area contributed by atoms with Crippen LogP contribution in [-0.4, -0.2) is 29.7 Å². The van der Waals surface area contributed by atoms with Gasteiger partial charge >= 0.3 is 0 Å². The average molecular weight is 206 g/mol. The second kappa shape index (κ2) is 3.96. The second-order valence-corrected chi connectivity index (χ2v) is 3.39. The molecule has 1 aliphatic rings. The molecule has 0 aromatic heterocycles. The molecule has 0 aromatic rings. The zero-order chi connectivity index (χ0) is 7.40. The van der Waals surface area contributed by atoms with Crippen LogP contribution >= 0.6 is 15.9 Å². The number of carbonyl (C=O) groups is 1. The van der Waals surface area contributed by atoms with Crippen molar-refractivity contribution < 1.29 is 4.79 Å². The Morgan fingerprint density at radius 3 is 2.50 bits per heavy atom. The second-order valence-electron chi connectivity index (χ2n) is 2.74. The fraction of sp³-hybridized carbons (Fsp3) is 0.857. The minimum Gasteiger partial charge on any atom is -0.345 e. The van der Waals surface area contributed by atoms with Gasteiger partial charge in [-0.25, -0.2) is 0 Å². The molecule has 0 aromatic carbocycles. The SMILES string of the molecule is O=CN1CCC(CBr)CC1. The molecule has 0 unspecified atom stereocenters. The van der Waals surface area contributed by atoms with Crippen LogP contribution in [0.2, 0.25) is 0 Å². The van der Waals surface area contributed by atoms with Crippen molar-refractivity contribution in [3.05, 3.63) is 0 Å². The van der Waals surface area contributed by atoms with Gasteiger partial charge in [0.2, 0.25) is 6.41 Å². The first-order chi connectivity index (χ1) is 4.86. The summed E-state index contributed by atoms with van der Waals surface area (Å²) < 4.78 is 0. The zero-order valence-electron chi connectivity index (χ0n) is 5.92. The van der Waals surface area contributed by atoms with E-state index in [1.165, 1.54) is 0 Å². The number of nitrogens with zero attached hydrogens (tertiary/aromatic N) is 1. The number of likely N-dealkylation sites (tertiary alicyclic amines) is 1. The molecule has 0 radical (unpaired) electrons. The molecule has 1 amide bonds. The molecule has 1 aliphatic heterocycles. The Kier molecular flexibility index (Phi) is 3.19. The molecule has 0 spiro atoms. The van der Waals surface area contributed by atoms with Crippen LogP contribution in [0.25, 0.3) is 0 Å². The minimum absolute atomic E-state index is 0.788. The fourth-order valence-corrected chi connectivity index (χ4v) is 1.86. The zero-order valence-corrected chi connectivity index (χ0v) is 7.51. The summed E-state index contributed by atoms with van der Waals surface area (Å²) in [5.41, 5.74) is 0. The Hall–Kier alpha value is -0.0500. The fourth-order valence-electron chi connectivity index (χ4n) is 1.21. The van der Waals surface area contributed by atoms with Crippen molar-refractivity contribution in [2.45, 2.75) is 12.8 Å². The molecule has 10 heavy (non-hydrogen) atoms. The molecular formula is C7H12BrNO. The first-order valence-corrected chi connectivity index (χ1v) is 4.74. The smallest absolute Gasteiger partial charge is 0.209 e. The molecule has 3 heteroatoms. The van der Waals surface area contributed by atoms with Gasteiger partial charge in [-0.1, -0.05) is 15.9 Å². The van der Waals surface area contributed by atoms with E-state index in [-0.39, 0.29) is 0 Å². The van der Waals surface area contributed by atoms with Gasteiger partial charge in [0.05, 0.1) is 0 Å². The van der Waals surface area contributed by atoms with E-state index in [0.29, 0.717) is 0 Å². The van der Waals surface area contributed by atoms with Gasteiger partial charge in [0.15, 0.2) is 0 Å². The number of rotatable bonds is 2. The Balaban J connectivity index is 2.23. The van der Waals surface area contributed by atoms with Crippen molar-refractivity contribution in [2.24, 2.45) is 5.92 Å². The number of alkyl halides is 1. The molecular weight excluding hydrogens is 194 g/mol. The van der Waals surface area contributed by atoms with E-state index in [2.05, 4.69) is 15.9 Å². The van der Waals surface area contributed by atoms with Gasteiger partial charge in [0, 0.05) is 18.4 Å². The van der Waals surface area contributed by atoms with Gasteiger partial charge in [-0.15, -0.1) is 0 Å². The molecule has 1 fully saturated rings. The average Bonchev–Trinajstić information content (AvgIpc) is 2.05. The van der Waals surface area contributed by atoms with E-state index < -0.39 is 0 Å². The third-order valence-electron chi connectivity index (χ3n) is 2.02. The quantitative estimate of drug-likeness (QED) is 0.491. The van der Waals surface area contributed by atoms with Crippen molar-refractivity contribution in [3.63, 3.8) is 0 Å². The van der Waals surface area contributed by atoms with Crippen LogP contribution in [0.5, 0.6) is 0 Å². The highest BCUT2D eigenvalue weighted by Gasteiger charge is 2.15. The molecule has 1 heterocycles. The summed E-state index contributed by atoms with van der Waals surface area (Å²) in [7, 11) is 0. The highest BCUT2D eigenvalue weighted by Crippen LogP contribution is 2.17. The number of halogens is 1. The summed E-state index contributed by atoms with van der Waals surface area (Å²) >= 11 is 3.45. The van der Waals surface area contributed by atoms with Crippen molar-refractivity contribution in [3.8, 4) is 0 Å². The predicted octanol–water partition coefficient (Wildman–Crippen LogP) is 1.25. The summed E-state index contributed by atoms with van der Waals surface area (Å²) in [6.07, 6.45) is 3.26. The van der Waals surface area contributed by atoms with E-state index in [0.717, 1.165) is 43.6 Å². The first kappa shape index (κ1) is 8.05. The molecule has 58 valence electrons. The minimum atomic E-state index is 0.788. The van der Waals surface area contributed by atoms with Gasteiger partial charge in [-0.3, -0.25) is 4.79 Å². The standard InChI is InChI=1S/C7H12BrNO/c8-5-7-1-3-9(6-10)4-2-7/h6-7H,1-5H2. The van der Waals surface area contributed by atoms with Crippen molar-refractivity contribution in [1.29, 1.82) is 0 Å². The molecule has 2 nitrogen and oxygen atoms in total. The topological polar surface area (TPSA) is 20.3 Å². The molecule has 0 atom stereocenters. The summed E-state index contributed by atoms with van der Waals surface area (Å²) in [6, 6.07) is 0. The lowest BCUT2D eigenvalue weighted by atomic mass is 10.00. The normalized spacial score (nSPS) is 21.1. The van der Waals surface area contributed by atoms with Crippen molar-refractivity contribution >= 4 is 22.3 Å². The van der Waals surface area contributed by atoms with Gasteiger partial charge in [-0.05, 0) is 18.8 Å². The summed E-state index contributed by atoms with van der Waals surface area (Å²) in [6.45, 7) is 1.89. The number of amides is 1. The maximum atomic E-state index is 10.3. The van der Waals surface area contributed by atoms with E-state index in [1.54, 1.807) is 0 Å². The van der Waals surface area contributed by atoms with Crippen LogP contribution in [-0.2, 0) is 4.79 Å². The van der Waals surface area contributed by atoms with E-state index in [9.17, 15) is 4.79 Å². The number of hydrogen-bond acceptors (Lipinski definition) is 1. The van der Waals surface area contributed by atoms with Crippen LogP contribution in [0.1, 0.15) is 12.8 Å². The highest BCUT2D eigenvalue weighted by atomic mass is 79.9. The monoisotopic (exact) mass is 205 g/mol. The highest BCUT2D eigenvalue weighted by molar-refractivity contribution is 9.09. The Bertz CT molecular complexity index is 110. The van der Waals surface area contributed by atoms with Crippen molar-refractivity contribution in [1.82, 2.24) is 4.90 Å². The molecule has 0 saturated carbocycles. The lowest BCUT2D eigenvalue weighted by molar-refractivity contribution is -0.119. The Morgan fingerprint density at radius 1 is 1.50 bits per heavy atom. The molecule has 0 N–H and O–H groups in total. The third-order valence-corrected chi connectivity index (χ3v) is 2.93. The first-order valence-electron chi connectivity index (χ1n) is 3.62. The van der Waals surface area contributed by atoms with Crippen LogP contribution in [0, 0.1) is 5.92 Å². The van der Waals surface area contributed by atoms with Crippen LogP contribution in [0.3, 0.4) is 0 Å².